The van der Waals surface area contributed by atoms with Crippen LogP contribution in [0.25, 0.3) is 0 Å². The quantitative estimate of drug-likeness (QED) is 0.810. The molecule has 4 heteroatoms. The van der Waals surface area contributed by atoms with E-state index in [9.17, 15) is 9.18 Å². The molecule has 0 atom stereocenters. The molecule has 0 saturated heterocycles. The number of nitrogen functional groups attached to an aromatic ring is 1. The van der Waals surface area contributed by atoms with Gasteiger partial charge in [0.25, 0.3) is 5.91 Å². The summed E-state index contributed by atoms with van der Waals surface area (Å²) in [6.45, 7) is 2.64. The summed E-state index contributed by atoms with van der Waals surface area (Å²) in [6, 6.07) is 10.5. The van der Waals surface area contributed by atoms with Crippen LogP contribution < -0.4 is 5.73 Å². The Bertz CT molecular complexity index is 697. The molecule has 102 valence electrons. The van der Waals surface area contributed by atoms with Crippen LogP contribution in [0, 0.1) is 12.7 Å². The number of hydrogen-bond donors (Lipinski definition) is 1. The lowest BCUT2D eigenvalue weighted by Crippen LogP contribution is -2.26. The van der Waals surface area contributed by atoms with E-state index >= 15 is 0 Å². The van der Waals surface area contributed by atoms with Gasteiger partial charge in [0.15, 0.2) is 0 Å². The molecular formula is C16H15FN2O. The number of anilines is 1. The number of benzene rings is 2. The van der Waals surface area contributed by atoms with Crippen molar-refractivity contribution in [1.82, 2.24) is 4.90 Å². The number of nitrogens with zero attached hydrogens (tertiary/aromatic N) is 1. The Labute approximate surface area is 116 Å². The minimum atomic E-state index is -0.437. The van der Waals surface area contributed by atoms with Gasteiger partial charge < -0.3 is 10.6 Å². The third kappa shape index (κ3) is 2.03. The summed E-state index contributed by atoms with van der Waals surface area (Å²) in [5.74, 6) is -0.714. The van der Waals surface area contributed by atoms with E-state index in [1.54, 1.807) is 24.0 Å². The average molecular weight is 270 g/mol. The number of halogens is 1. The van der Waals surface area contributed by atoms with Gasteiger partial charge in [-0.1, -0.05) is 18.2 Å². The van der Waals surface area contributed by atoms with Crippen LogP contribution in [0.2, 0.25) is 0 Å². The zero-order chi connectivity index (χ0) is 14.3. The van der Waals surface area contributed by atoms with E-state index in [-0.39, 0.29) is 11.5 Å². The van der Waals surface area contributed by atoms with Crippen molar-refractivity contribution in [3.05, 3.63) is 64.5 Å². The van der Waals surface area contributed by atoms with Gasteiger partial charge in [-0.2, -0.15) is 0 Å². The summed E-state index contributed by atoms with van der Waals surface area (Å²) in [5, 5.41) is 0. The predicted molar refractivity (Wildman–Crippen MR) is 75.6 cm³/mol. The standard InChI is InChI=1S/C16H15FN2O/c1-10-3-2-4-14(15(10)17)16(20)19-8-11-5-6-13(18)7-12(11)9-19/h2-7H,8-9,18H2,1H3. The minimum absolute atomic E-state index is 0.130. The first-order valence-electron chi connectivity index (χ1n) is 6.48. The molecule has 1 aliphatic heterocycles. The molecule has 3 rings (SSSR count). The Balaban J connectivity index is 1.89. The zero-order valence-electron chi connectivity index (χ0n) is 11.2. The van der Waals surface area contributed by atoms with E-state index in [4.69, 9.17) is 5.73 Å². The van der Waals surface area contributed by atoms with Crippen molar-refractivity contribution < 1.29 is 9.18 Å². The molecule has 2 N–H and O–H groups in total. The fourth-order valence-electron chi connectivity index (χ4n) is 2.54. The van der Waals surface area contributed by atoms with E-state index in [1.165, 1.54) is 6.07 Å². The topological polar surface area (TPSA) is 46.3 Å². The van der Waals surface area contributed by atoms with E-state index in [2.05, 4.69) is 0 Å². The molecule has 0 saturated carbocycles. The number of aryl methyl sites for hydroxylation is 1. The number of amides is 1. The molecule has 2 aromatic rings. The molecule has 3 nitrogen and oxygen atoms in total. The maximum atomic E-state index is 14.0. The van der Waals surface area contributed by atoms with Gasteiger partial charge in [-0.15, -0.1) is 0 Å². The second-order valence-corrected chi connectivity index (χ2v) is 5.13. The highest BCUT2D eigenvalue weighted by atomic mass is 19.1. The molecule has 0 aromatic heterocycles. The number of hydrogen-bond acceptors (Lipinski definition) is 2. The van der Waals surface area contributed by atoms with Gasteiger partial charge in [-0.3, -0.25) is 4.79 Å². The van der Waals surface area contributed by atoms with Crippen molar-refractivity contribution in [2.75, 3.05) is 5.73 Å². The zero-order valence-corrected chi connectivity index (χ0v) is 11.2. The first-order chi connectivity index (χ1) is 9.56. The fraction of sp³-hybridized carbons (Fsp3) is 0.188. The van der Waals surface area contributed by atoms with Crippen molar-refractivity contribution in [2.24, 2.45) is 0 Å². The van der Waals surface area contributed by atoms with Gasteiger partial charge in [-0.05, 0) is 41.8 Å². The molecule has 0 spiro atoms. The lowest BCUT2D eigenvalue weighted by molar-refractivity contribution is 0.0746. The molecule has 20 heavy (non-hydrogen) atoms. The van der Waals surface area contributed by atoms with Crippen LogP contribution in [0.1, 0.15) is 27.0 Å². The van der Waals surface area contributed by atoms with E-state index < -0.39 is 5.82 Å². The van der Waals surface area contributed by atoms with Crippen molar-refractivity contribution >= 4 is 11.6 Å². The first-order valence-corrected chi connectivity index (χ1v) is 6.48. The van der Waals surface area contributed by atoms with Crippen LogP contribution in [-0.2, 0) is 13.1 Å². The van der Waals surface area contributed by atoms with Gasteiger partial charge in [0.2, 0.25) is 0 Å². The van der Waals surface area contributed by atoms with Crippen LogP contribution in [0.3, 0.4) is 0 Å². The Morgan fingerprint density at radius 2 is 1.95 bits per heavy atom. The van der Waals surface area contributed by atoms with Crippen LogP contribution >= 0.6 is 0 Å². The van der Waals surface area contributed by atoms with Gasteiger partial charge in [0.1, 0.15) is 5.82 Å². The maximum Gasteiger partial charge on any atom is 0.257 e. The highest BCUT2D eigenvalue weighted by molar-refractivity contribution is 5.95. The number of carbonyl (C=O) groups excluding carboxylic acids is 1. The molecular weight excluding hydrogens is 255 g/mol. The molecule has 0 radical (unpaired) electrons. The van der Waals surface area contributed by atoms with Crippen LogP contribution in [-0.4, -0.2) is 10.8 Å². The summed E-state index contributed by atoms with van der Waals surface area (Å²) in [5.41, 5.74) is 9.14. The SMILES string of the molecule is Cc1cccc(C(=O)N2Cc3ccc(N)cc3C2)c1F. The lowest BCUT2D eigenvalue weighted by Gasteiger charge is -2.16. The second-order valence-electron chi connectivity index (χ2n) is 5.13. The summed E-state index contributed by atoms with van der Waals surface area (Å²) in [4.78, 5) is 14.1. The Kier molecular flexibility index (Phi) is 2.93. The second kappa shape index (κ2) is 4.63. The Morgan fingerprint density at radius 3 is 2.75 bits per heavy atom. The normalized spacial score (nSPS) is 13.4. The van der Waals surface area contributed by atoms with E-state index in [1.807, 2.05) is 18.2 Å². The smallest absolute Gasteiger partial charge is 0.257 e. The number of nitrogens with two attached hydrogens (primary N) is 1. The predicted octanol–water partition coefficient (Wildman–Crippen LogP) is 2.87. The van der Waals surface area contributed by atoms with Gasteiger partial charge in [-0.25, -0.2) is 4.39 Å². The van der Waals surface area contributed by atoms with Crippen molar-refractivity contribution in [2.45, 2.75) is 20.0 Å². The largest absolute Gasteiger partial charge is 0.399 e. The molecule has 2 aromatic carbocycles. The number of carbonyl (C=O) groups is 1. The molecule has 0 bridgehead atoms. The maximum absolute atomic E-state index is 14.0. The van der Waals surface area contributed by atoms with Gasteiger partial charge in [0, 0.05) is 18.8 Å². The van der Waals surface area contributed by atoms with Crippen LogP contribution in [0.15, 0.2) is 36.4 Å². The molecule has 1 aliphatic rings. The van der Waals surface area contributed by atoms with Crippen molar-refractivity contribution in [1.29, 1.82) is 0 Å². The third-order valence-electron chi connectivity index (χ3n) is 3.66. The third-order valence-corrected chi connectivity index (χ3v) is 3.66. The van der Waals surface area contributed by atoms with Crippen LogP contribution in [0.5, 0.6) is 0 Å². The Hall–Kier alpha value is -2.36. The monoisotopic (exact) mass is 270 g/mol. The summed E-state index contributed by atoms with van der Waals surface area (Å²) in [6.07, 6.45) is 0. The van der Waals surface area contributed by atoms with Gasteiger partial charge >= 0.3 is 0 Å². The number of fused-ring (bicyclic) bond motifs is 1. The lowest BCUT2D eigenvalue weighted by atomic mass is 10.1. The first kappa shape index (κ1) is 12.7. The fourth-order valence-corrected chi connectivity index (χ4v) is 2.54. The van der Waals surface area contributed by atoms with Gasteiger partial charge in [0.05, 0.1) is 5.56 Å². The molecule has 0 aliphatic carbocycles. The van der Waals surface area contributed by atoms with E-state index in [0.717, 1.165) is 11.1 Å². The highest BCUT2D eigenvalue weighted by Crippen LogP contribution is 2.26. The molecule has 1 amide bonds. The summed E-state index contributed by atoms with van der Waals surface area (Å²) >= 11 is 0. The van der Waals surface area contributed by atoms with Crippen LogP contribution in [0.4, 0.5) is 10.1 Å². The van der Waals surface area contributed by atoms with Crippen molar-refractivity contribution in [3.63, 3.8) is 0 Å². The molecule has 0 fully saturated rings. The molecule has 0 unspecified atom stereocenters. The Morgan fingerprint density at radius 1 is 1.20 bits per heavy atom. The highest BCUT2D eigenvalue weighted by Gasteiger charge is 2.26. The molecule has 1 heterocycles. The van der Waals surface area contributed by atoms with Crippen molar-refractivity contribution in [3.8, 4) is 0 Å². The van der Waals surface area contributed by atoms with E-state index in [0.29, 0.717) is 24.3 Å². The average Bonchev–Trinajstić information content (AvgIpc) is 2.84. The summed E-state index contributed by atoms with van der Waals surface area (Å²) < 4.78 is 14.0. The minimum Gasteiger partial charge on any atom is -0.399 e. The number of rotatable bonds is 1. The summed E-state index contributed by atoms with van der Waals surface area (Å²) in [7, 11) is 0.